The summed E-state index contributed by atoms with van der Waals surface area (Å²) in [6, 6.07) is -0.796. The number of hydrogen-bond donors (Lipinski definition) is 2. The number of likely N-dealkylation sites (N-methyl/N-ethyl adjacent to an activating group) is 1. The van der Waals surface area contributed by atoms with Gasteiger partial charge < -0.3 is 28.8 Å². The predicted molar refractivity (Wildman–Crippen MR) is 339 cm³/mol. The van der Waals surface area contributed by atoms with Crippen LogP contribution in [-0.2, 0) is 18.4 Å². The summed E-state index contributed by atoms with van der Waals surface area (Å²) in [5.74, 6) is -0.154. The SMILES string of the molecule is CCCCCCCCCCCCCCCCCCCCCCCCCCCCCCCCCCCCCCCCCC(=O)NC(COP(=O)([O-])OCC[N+](C)(C)C)C(O)CCCCCCCCCCCCCCCCCCC. The molecule has 3 unspecified atom stereocenters. The average Bonchev–Trinajstić information content (AvgIpc) is 3.40. The van der Waals surface area contributed by atoms with Gasteiger partial charge in [0.15, 0.2) is 0 Å². The van der Waals surface area contributed by atoms with Crippen molar-refractivity contribution in [2.75, 3.05) is 40.9 Å². The molecule has 0 aromatic heterocycles. The van der Waals surface area contributed by atoms with E-state index in [1.807, 2.05) is 21.1 Å². The summed E-state index contributed by atoms with van der Waals surface area (Å²) >= 11 is 0. The fraction of sp³-hybridized carbons (Fsp3) is 0.986. The number of amides is 1. The van der Waals surface area contributed by atoms with Crippen LogP contribution in [0.4, 0.5) is 0 Å². The molecule has 0 aromatic rings. The second-order valence-corrected chi connectivity index (χ2v) is 27.4. The molecule has 2 N–H and O–H groups in total. The van der Waals surface area contributed by atoms with Crippen LogP contribution in [0.15, 0.2) is 0 Å². The molecule has 1 amide bonds. The van der Waals surface area contributed by atoms with E-state index in [0.717, 1.165) is 38.5 Å². The number of carbonyl (C=O) groups is 1. The second kappa shape index (κ2) is 61.1. The lowest BCUT2D eigenvalue weighted by atomic mass is 10.0. The topological polar surface area (TPSA) is 108 Å². The maximum absolute atomic E-state index is 13.0. The number of carbonyl (C=O) groups excluding carboxylic acids is 1. The number of nitrogens with zero attached hydrogens (tertiary/aromatic N) is 1. The van der Waals surface area contributed by atoms with Crippen molar-refractivity contribution in [2.45, 2.75) is 398 Å². The van der Waals surface area contributed by atoms with Crippen LogP contribution in [0, 0.1) is 0 Å². The van der Waals surface area contributed by atoms with Crippen molar-refractivity contribution >= 4 is 13.7 Å². The van der Waals surface area contributed by atoms with E-state index in [4.69, 9.17) is 9.05 Å². The van der Waals surface area contributed by atoms with Crippen LogP contribution < -0.4 is 10.2 Å². The molecule has 0 saturated heterocycles. The van der Waals surface area contributed by atoms with E-state index in [0.29, 0.717) is 23.9 Å². The zero-order valence-corrected chi connectivity index (χ0v) is 54.6. The van der Waals surface area contributed by atoms with Gasteiger partial charge in [0.1, 0.15) is 13.2 Å². The Bertz CT molecular complexity index is 1230. The van der Waals surface area contributed by atoms with Gasteiger partial charge in [-0.1, -0.05) is 367 Å². The summed E-state index contributed by atoms with van der Waals surface area (Å²) in [6.07, 6.45) is 76.3. The Morgan fingerprint density at radius 1 is 0.397 bits per heavy atom. The van der Waals surface area contributed by atoms with E-state index in [2.05, 4.69) is 19.2 Å². The van der Waals surface area contributed by atoms with Crippen LogP contribution in [0.2, 0.25) is 0 Å². The summed E-state index contributed by atoms with van der Waals surface area (Å²) in [5, 5.41) is 14.1. The Labute approximate surface area is 489 Å². The van der Waals surface area contributed by atoms with Gasteiger partial charge in [-0.2, -0.15) is 0 Å². The molecule has 0 aliphatic carbocycles. The molecule has 3 atom stereocenters. The average molecular weight is 1130 g/mol. The second-order valence-electron chi connectivity index (χ2n) is 26.0. The fourth-order valence-electron chi connectivity index (χ4n) is 11.3. The monoisotopic (exact) mass is 1130 g/mol. The number of aliphatic hydroxyl groups is 1. The number of nitrogens with one attached hydrogen (secondary N) is 1. The van der Waals surface area contributed by atoms with Gasteiger partial charge in [-0.25, -0.2) is 0 Å². The van der Waals surface area contributed by atoms with Gasteiger partial charge in [-0.15, -0.1) is 0 Å². The normalized spacial score (nSPS) is 13.6. The third-order valence-corrected chi connectivity index (χ3v) is 17.8. The van der Waals surface area contributed by atoms with Crippen molar-refractivity contribution in [3.63, 3.8) is 0 Å². The van der Waals surface area contributed by atoms with Gasteiger partial charge >= 0.3 is 0 Å². The zero-order valence-electron chi connectivity index (χ0n) is 53.7. The molecule has 78 heavy (non-hydrogen) atoms. The Hall–Kier alpha value is -0.500. The molecule has 0 bridgehead atoms. The van der Waals surface area contributed by atoms with Crippen molar-refractivity contribution in [1.82, 2.24) is 5.32 Å². The zero-order chi connectivity index (χ0) is 57.0. The predicted octanol–water partition coefficient (Wildman–Crippen LogP) is 21.7. The lowest BCUT2D eigenvalue weighted by Crippen LogP contribution is -2.46. The molecule has 468 valence electrons. The molecular formula is C69H141N2O6P. The number of rotatable bonds is 67. The van der Waals surface area contributed by atoms with Crippen LogP contribution in [0.5, 0.6) is 0 Å². The molecule has 0 aliphatic rings. The van der Waals surface area contributed by atoms with Gasteiger partial charge in [0, 0.05) is 6.42 Å². The standard InChI is InChI=1S/C69H141N2O6P/c1-6-8-10-12-14-16-18-20-22-24-25-26-27-28-29-30-31-32-33-34-35-36-37-38-39-40-41-42-43-44-45-47-49-51-53-55-57-59-61-63-69(73)70-67(66-77-78(74,75)76-65-64-71(3,4)5)68(72)62-60-58-56-54-52-50-48-46-23-21-19-17-15-13-11-9-7-2/h67-68,72H,6-66H2,1-5H3,(H-,70,73,74,75). The summed E-state index contributed by atoms with van der Waals surface area (Å²) in [4.78, 5) is 25.6. The molecule has 0 aromatic carbocycles. The van der Waals surface area contributed by atoms with Crippen LogP contribution >= 0.6 is 7.82 Å². The van der Waals surface area contributed by atoms with E-state index >= 15 is 0 Å². The highest BCUT2D eigenvalue weighted by atomic mass is 31.2. The largest absolute Gasteiger partial charge is 0.756 e. The van der Waals surface area contributed by atoms with Crippen LogP contribution in [0.3, 0.4) is 0 Å². The molecule has 0 saturated carbocycles. The van der Waals surface area contributed by atoms with Gasteiger partial charge in [0.05, 0.1) is 39.9 Å². The third-order valence-electron chi connectivity index (χ3n) is 16.8. The first-order valence-electron chi connectivity index (χ1n) is 35.4. The highest BCUT2D eigenvalue weighted by molar-refractivity contribution is 7.45. The van der Waals surface area contributed by atoms with E-state index in [9.17, 15) is 19.4 Å². The summed E-state index contributed by atoms with van der Waals surface area (Å²) in [5.41, 5.74) is 0. The first-order chi connectivity index (χ1) is 38.0. The number of phosphoric acid groups is 1. The maximum Gasteiger partial charge on any atom is 0.268 e. The molecule has 8 nitrogen and oxygen atoms in total. The van der Waals surface area contributed by atoms with Gasteiger partial charge in [0.25, 0.3) is 7.82 Å². The molecule has 0 radical (unpaired) electrons. The van der Waals surface area contributed by atoms with E-state index in [1.54, 1.807) is 0 Å². The number of aliphatic hydroxyl groups excluding tert-OH is 1. The quantitative estimate of drug-likeness (QED) is 0.0357. The van der Waals surface area contributed by atoms with Gasteiger partial charge in [-0.05, 0) is 12.8 Å². The Morgan fingerprint density at radius 2 is 0.628 bits per heavy atom. The number of quaternary nitrogens is 1. The first-order valence-corrected chi connectivity index (χ1v) is 36.8. The number of hydrogen-bond acceptors (Lipinski definition) is 6. The van der Waals surface area contributed by atoms with E-state index < -0.39 is 20.0 Å². The molecular weight excluding hydrogens is 984 g/mol. The molecule has 0 fully saturated rings. The van der Waals surface area contributed by atoms with Gasteiger partial charge in [-0.3, -0.25) is 9.36 Å². The molecule has 0 rings (SSSR count). The van der Waals surface area contributed by atoms with Crippen LogP contribution in [0.25, 0.3) is 0 Å². The summed E-state index contributed by atoms with van der Waals surface area (Å²) in [7, 11) is 1.33. The van der Waals surface area contributed by atoms with E-state index in [-0.39, 0.29) is 19.1 Å². The highest BCUT2D eigenvalue weighted by Gasteiger charge is 2.24. The Kier molecular flexibility index (Phi) is 60.7. The molecule has 0 heterocycles. The Morgan fingerprint density at radius 3 is 0.872 bits per heavy atom. The smallest absolute Gasteiger partial charge is 0.268 e. The number of unbranched alkanes of at least 4 members (excludes halogenated alkanes) is 54. The van der Waals surface area contributed by atoms with Crippen LogP contribution in [0.1, 0.15) is 386 Å². The highest BCUT2D eigenvalue weighted by Crippen LogP contribution is 2.38. The minimum Gasteiger partial charge on any atom is -0.756 e. The van der Waals surface area contributed by atoms with Crippen LogP contribution in [-0.4, -0.2) is 68.5 Å². The fourth-order valence-corrected chi connectivity index (χ4v) is 12.1. The maximum atomic E-state index is 13.0. The minimum absolute atomic E-state index is 0.0168. The van der Waals surface area contributed by atoms with Crippen molar-refractivity contribution in [3.8, 4) is 0 Å². The third kappa shape index (κ3) is 63.1. The van der Waals surface area contributed by atoms with Crippen molar-refractivity contribution in [3.05, 3.63) is 0 Å². The lowest BCUT2D eigenvalue weighted by molar-refractivity contribution is -0.870. The minimum atomic E-state index is -4.57. The summed E-state index contributed by atoms with van der Waals surface area (Å²) in [6.45, 7) is 4.79. The van der Waals surface area contributed by atoms with Crippen molar-refractivity contribution in [1.29, 1.82) is 0 Å². The van der Waals surface area contributed by atoms with Crippen molar-refractivity contribution in [2.24, 2.45) is 0 Å². The lowest BCUT2D eigenvalue weighted by Gasteiger charge is -2.30. The summed E-state index contributed by atoms with van der Waals surface area (Å²) < 4.78 is 23.5. The molecule has 0 aliphatic heterocycles. The van der Waals surface area contributed by atoms with Gasteiger partial charge in [0.2, 0.25) is 5.91 Å². The Balaban J connectivity index is 3.83. The molecule has 0 spiro atoms. The van der Waals surface area contributed by atoms with E-state index in [1.165, 1.54) is 321 Å². The number of phosphoric ester groups is 1. The first kappa shape index (κ1) is 77.5. The molecule has 9 heteroatoms. The van der Waals surface area contributed by atoms with Crippen molar-refractivity contribution < 1.29 is 32.9 Å².